The number of hydrogen-bond donors (Lipinski definition) is 2. The number of benzene rings is 1. The van der Waals surface area contributed by atoms with Gasteiger partial charge in [-0.25, -0.2) is 4.98 Å². The number of para-hydroxylation sites is 1. The lowest BCUT2D eigenvalue weighted by atomic mass is 10.3. The van der Waals surface area contributed by atoms with Crippen molar-refractivity contribution < 1.29 is 0 Å². The van der Waals surface area contributed by atoms with E-state index in [0.717, 1.165) is 35.9 Å². The summed E-state index contributed by atoms with van der Waals surface area (Å²) in [6.07, 6.45) is 5.64. The highest BCUT2D eigenvalue weighted by molar-refractivity contribution is 5.35. The Labute approximate surface area is 117 Å². The maximum atomic E-state index is 4.41. The normalized spacial score (nSPS) is 10.8. The lowest BCUT2D eigenvalue weighted by Crippen LogP contribution is -2.15. The molecule has 0 saturated heterocycles. The van der Waals surface area contributed by atoms with Crippen molar-refractivity contribution in [1.29, 1.82) is 0 Å². The second-order valence-corrected chi connectivity index (χ2v) is 4.68. The molecule has 0 bridgehead atoms. The molecule has 0 radical (unpaired) electrons. The van der Waals surface area contributed by atoms with E-state index in [0.29, 0.717) is 0 Å². The number of nitrogens with zero attached hydrogens (tertiary/aromatic N) is 3. The fourth-order valence-corrected chi connectivity index (χ4v) is 2.25. The summed E-state index contributed by atoms with van der Waals surface area (Å²) in [4.78, 5) is 4.41. The summed E-state index contributed by atoms with van der Waals surface area (Å²) in [6.45, 7) is 3.57. The topological polar surface area (TPSA) is 58.5 Å². The van der Waals surface area contributed by atoms with Crippen molar-refractivity contribution in [3.8, 4) is 5.69 Å². The maximum absolute atomic E-state index is 4.41. The van der Waals surface area contributed by atoms with Crippen molar-refractivity contribution in [2.24, 2.45) is 0 Å². The smallest absolute Gasteiger partial charge is 0.110 e. The minimum absolute atomic E-state index is 0.765. The van der Waals surface area contributed by atoms with Gasteiger partial charge >= 0.3 is 0 Å². The number of hydrogen-bond acceptors (Lipinski definition) is 3. The molecule has 0 unspecified atom stereocenters. The highest BCUT2D eigenvalue weighted by atomic mass is 15.1. The SMILES string of the molecule is Cc1ncc(CNCc2cn[nH]c2)n1-c1ccccc1. The molecule has 0 aliphatic carbocycles. The summed E-state index contributed by atoms with van der Waals surface area (Å²) in [5.74, 6) is 0.997. The molecular formula is C15H17N5. The molecule has 0 atom stereocenters. The molecule has 1 aromatic carbocycles. The molecule has 0 fully saturated rings. The van der Waals surface area contributed by atoms with E-state index in [1.165, 1.54) is 0 Å². The Balaban J connectivity index is 1.74. The zero-order chi connectivity index (χ0) is 13.8. The first kappa shape index (κ1) is 12.6. The van der Waals surface area contributed by atoms with Crippen LogP contribution in [0.2, 0.25) is 0 Å². The Morgan fingerprint density at radius 1 is 1.15 bits per heavy atom. The Morgan fingerprint density at radius 2 is 2.00 bits per heavy atom. The second-order valence-electron chi connectivity index (χ2n) is 4.68. The monoisotopic (exact) mass is 267 g/mol. The number of aromatic nitrogens is 4. The third-order valence-corrected chi connectivity index (χ3v) is 3.22. The van der Waals surface area contributed by atoms with E-state index in [1.54, 1.807) is 0 Å². The van der Waals surface area contributed by atoms with Crippen LogP contribution in [0.1, 0.15) is 17.1 Å². The van der Waals surface area contributed by atoms with Gasteiger partial charge in [-0.2, -0.15) is 5.10 Å². The number of aryl methyl sites for hydroxylation is 1. The van der Waals surface area contributed by atoms with E-state index in [-0.39, 0.29) is 0 Å². The zero-order valence-electron chi connectivity index (χ0n) is 11.4. The Bertz CT molecular complexity index is 655. The molecule has 3 rings (SSSR count). The average molecular weight is 267 g/mol. The summed E-state index contributed by atoms with van der Waals surface area (Å²) in [7, 11) is 0. The van der Waals surface area contributed by atoms with Crippen LogP contribution in [0.5, 0.6) is 0 Å². The number of rotatable bonds is 5. The lowest BCUT2D eigenvalue weighted by molar-refractivity contribution is 0.667. The largest absolute Gasteiger partial charge is 0.307 e. The molecule has 0 aliphatic rings. The molecule has 2 heterocycles. The van der Waals surface area contributed by atoms with Crippen LogP contribution in [-0.2, 0) is 13.1 Å². The summed E-state index contributed by atoms with van der Waals surface area (Å²) in [6, 6.07) is 10.3. The molecule has 20 heavy (non-hydrogen) atoms. The Hall–Kier alpha value is -2.40. The third-order valence-electron chi connectivity index (χ3n) is 3.22. The molecule has 102 valence electrons. The molecule has 0 aliphatic heterocycles. The average Bonchev–Trinajstić information content (AvgIpc) is 3.10. The van der Waals surface area contributed by atoms with Crippen molar-refractivity contribution >= 4 is 0 Å². The first-order chi connectivity index (χ1) is 9.84. The van der Waals surface area contributed by atoms with Gasteiger partial charge in [0.25, 0.3) is 0 Å². The van der Waals surface area contributed by atoms with E-state index in [4.69, 9.17) is 0 Å². The van der Waals surface area contributed by atoms with E-state index in [2.05, 4.69) is 37.2 Å². The van der Waals surface area contributed by atoms with Crippen LogP contribution >= 0.6 is 0 Å². The van der Waals surface area contributed by atoms with Crippen molar-refractivity contribution in [1.82, 2.24) is 25.1 Å². The Kier molecular flexibility index (Phi) is 3.60. The standard InChI is InChI=1S/C15H17N5/c1-12-17-11-15(10-16-7-13-8-18-19-9-13)20(12)14-5-3-2-4-6-14/h2-6,8-9,11,16H,7,10H2,1H3,(H,18,19). The van der Waals surface area contributed by atoms with E-state index >= 15 is 0 Å². The van der Waals surface area contributed by atoms with E-state index < -0.39 is 0 Å². The molecule has 3 aromatic rings. The van der Waals surface area contributed by atoms with Gasteiger partial charge in [0.1, 0.15) is 5.82 Å². The minimum Gasteiger partial charge on any atom is -0.307 e. The van der Waals surface area contributed by atoms with Gasteiger partial charge < -0.3 is 5.32 Å². The number of H-pyrrole nitrogens is 1. The van der Waals surface area contributed by atoms with Gasteiger partial charge in [0, 0.05) is 30.5 Å². The first-order valence-electron chi connectivity index (χ1n) is 6.61. The quantitative estimate of drug-likeness (QED) is 0.745. The molecular weight excluding hydrogens is 250 g/mol. The number of aromatic amines is 1. The van der Waals surface area contributed by atoms with Crippen molar-refractivity contribution in [3.05, 3.63) is 66.0 Å². The van der Waals surface area contributed by atoms with Gasteiger partial charge in [-0.3, -0.25) is 9.67 Å². The zero-order valence-corrected chi connectivity index (χ0v) is 11.4. The number of imidazole rings is 1. The van der Waals surface area contributed by atoms with Crippen LogP contribution in [-0.4, -0.2) is 19.7 Å². The van der Waals surface area contributed by atoms with Crippen LogP contribution in [0.25, 0.3) is 5.69 Å². The minimum atomic E-state index is 0.765. The predicted molar refractivity (Wildman–Crippen MR) is 77.4 cm³/mol. The maximum Gasteiger partial charge on any atom is 0.110 e. The second kappa shape index (κ2) is 5.71. The van der Waals surface area contributed by atoms with Gasteiger partial charge in [-0.05, 0) is 19.1 Å². The van der Waals surface area contributed by atoms with Gasteiger partial charge in [-0.15, -0.1) is 0 Å². The van der Waals surface area contributed by atoms with Crippen LogP contribution in [0.4, 0.5) is 0 Å². The predicted octanol–water partition coefficient (Wildman–Crippen LogP) is 2.19. The third kappa shape index (κ3) is 2.62. The van der Waals surface area contributed by atoms with Crippen LogP contribution in [0, 0.1) is 6.92 Å². The Morgan fingerprint density at radius 3 is 2.75 bits per heavy atom. The van der Waals surface area contributed by atoms with E-state index in [1.807, 2.05) is 43.7 Å². The van der Waals surface area contributed by atoms with Crippen molar-refractivity contribution in [3.63, 3.8) is 0 Å². The van der Waals surface area contributed by atoms with Gasteiger partial charge in [0.15, 0.2) is 0 Å². The molecule has 0 amide bonds. The molecule has 2 N–H and O–H groups in total. The van der Waals surface area contributed by atoms with Crippen molar-refractivity contribution in [2.45, 2.75) is 20.0 Å². The van der Waals surface area contributed by atoms with Gasteiger partial charge in [0.2, 0.25) is 0 Å². The fourth-order valence-electron chi connectivity index (χ4n) is 2.25. The van der Waals surface area contributed by atoms with Crippen LogP contribution in [0.3, 0.4) is 0 Å². The van der Waals surface area contributed by atoms with Crippen LogP contribution < -0.4 is 5.32 Å². The van der Waals surface area contributed by atoms with Gasteiger partial charge in [0.05, 0.1) is 18.1 Å². The van der Waals surface area contributed by atoms with Crippen LogP contribution in [0.15, 0.2) is 48.9 Å². The van der Waals surface area contributed by atoms with E-state index in [9.17, 15) is 0 Å². The molecule has 2 aromatic heterocycles. The molecule has 5 nitrogen and oxygen atoms in total. The highest BCUT2D eigenvalue weighted by Gasteiger charge is 2.08. The summed E-state index contributed by atoms with van der Waals surface area (Å²) in [5, 5.41) is 10.2. The lowest BCUT2D eigenvalue weighted by Gasteiger charge is -2.10. The molecule has 5 heteroatoms. The number of nitrogens with one attached hydrogen (secondary N) is 2. The first-order valence-corrected chi connectivity index (χ1v) is 6.61. The highest BCUT2D eigenvalue weighted by Crippen LogP contribution is 2.14. The molecule has 0 saturated carbocycles. The van der Waals surface area contributed by atoms with Crippen molar-refractivity contribution in [2.75, 3.05) is 0 Å². The van der Waals surface area contributed by atoms with Gasteiger partial charge in [-0.1, -0.05) is 18.2 Å². The summed E-state index contributed by atoms with van der Waals surface area (Å²) < 4.78 is 2.17. The summed E-state index contributed by atoms with van der Waals surface area (Å²) in [5.41, 5.74) is 3.44. The summed E-state index contributed by atoms with van der Waals surface area (Å²) >= 11 is 0. The fraction of sp³-hybridized carbons (Fsp3) is 0.200. The molecule has 0 spiro atoms.